The van der Waals surface area contributed by atoms with E-state index in [0.717, 1.165) is 20.8 Å². The van der Waals surface area contributed by atoms with E-state index in [1.165, 1.54) is 26.0 Å². The third-order valence-corrected chi connectivity index (χ3v) is 11.0. The van der Waals surface area contributed by atoms with Crippen LogP contribution in [-0.4, -0.2) is 93.9 Å². The number of hydrogen-bond donors (Lipinski definition) is 2. The Labute approximate surface area is 283 Å². The van der Waals surface area contributed by atoms with Crippen LogP contribution in [0.25, 0.3) is 0 Å². The molecule has 0 spiro atoms. The van der Waals surface area contributed by atoms with Crippen LogP contribution < -0.4 is 0 Å². The van der Waals surface area contributed by atoms with E-state index in [0.29, 0.717) is 0 Å². The summed E-state index contributed by atoms with van der Waals surface area (Å²) in [7, 11) is 0. The molecule has 49 heavy (non-hydrogen) atoms. The zero-order valence-corrected chi connectivity index (χ0v) is 28.7. The van der Waals surface area contributed by atoms with Gasteiger partial charge in [0.15, 0.2) is 5.60 Å². The second-order valence-electron chi connectivity index (χ2n) is 14.1. The summed E-state index contributed by atoms with van der Waals surface area (Å²) in [4.78, 5) is 78.4. The molecule has 266 valence electrons. The van der Waals surface area contributed by atoms with Crippen LogP contribution in [0.1, 0.15) is 78.6 Å². The van der Waals surface area contributed by atoms with Gasteiger partial charge in [-0.3, -0.25) is 19.2 Å². The van der Waals surface area contributed by atoms with Crippen LogP contribution in [0.2, 0.25) is 0 Å². The van der Waals surface area contributed by atoms with Crippen LogP contribution in [0.15, 0.2) is 41.5 Å². The van der Waals surface area contributed by atoms with E-state index in [4.69, 9.17) is 28.4 Å². The SMILES string of the molecule is CC(=O)OC[C@]1(O)[C@@H](OC(C)=O)C[C@H](OC(C)=O)[C@]2(C)[C@@H]1[C@H](OC(=O)c1ccccc1)[C@]13C[C@H](OC(C)=O)C(C)=C1[C@]2(O)C(=O)OC3(C)C. The molecule has 1 aromatic rings. The molecular formula is C35H42O14. The zero-order valence-electron chi connectivity index (χ0n) is 28.7. The van der Waals surface area contributed by atoms with Crippen molar-refractivity contribution in [2.75, 3.05) is 6.61 Å². The molecule has 2 bridgehead atoms. The van der Waals surface area contributed by atoms with Gasteiger partial charge in [-0.1, -0.05) is 25.1 Å². The average molecular weight is 687 g/mol. The van der Waals surface area contributed by atoms with Crippen molar-refractivity contribution in [3.63, 3.8) is 0 Å². The first-order valence-electron chi connectivity index (χ1n) is 16.0. The Hall–Kier alpha value is -4.30. The number of fused-ring (bicyclic) bond motifs is 2. The topological polar surface area (TPSA) is 198 Å². The van der Waals surface area contributed by atoms with Crippen LogP contribution >= 0.6 is 0 Å². The fraction of sp³-hybridized carbons (Fsp3) is 0.600. The van der Waals surface area contributed by atoms with Gasteiger partial charge in [0.05, 0.1) is 16.4 Å². The second-order valence-corrected chi connectivity index (χ2v) is 14.1. The standard InChI is InChI=1S/C35H42O14/c1-17-23(45-19(3)37)15-33-26(17)35(43,30(41)49-31(33,6)7)32(8)24(46-20(4)38)14-25(47-21(5)39)34(42,16-44-18(2)36)27(32)28(33)48-29(40)22-12-10-9-11-13-22/h9-13,23-25,27-28,42-43H,14-16H2,1-8H3/t23-,24-,25-,27-,28-,32+,33-,34-,35-/m0/s1. The highest BCUT2D eigenvalue weighted by atomic mass is 16.6. The smallest absolute Gasteiger partial charge is 0.343 e. The van der Waals surface area contributed by atoms with Crippen molar-refractivity contribution in [2.24, 2.45) is 16.7 Å². The molecule has 2 N–H and O–H groups in total. The van der Waals surface area contributed by atoms with Gasteiger partial charge in [-0.2, -0.15) is 0 Å². The molecule has 3 fully saturated rings. The third kappa shape index (κ3) is 5.13. The van der Waals surface area contributed by atoms with Crippen molar-refractivity contribution in [1.82, 2.24) is 0 Å². The summed E-state index contributed by atoms with van der Waals surface area (Å²) in [6, 6.07) is 7.90. The molecule has 3 aliphatic carbocycles. The van der Waals surface area contributed by atoms with Crippen LogP contribution in [0.4, 0.5) is 0 Å². The molecule has 0 radical (unpaired) electrons. The van der Waals surface area contributed by atoms with Crippen LogP contribution in [0.5, 0.6) is 0 Å². The lowest BCUT2D eigenvalue weighted by Crippen LogP contribution is -2.85. The van der Waals surface area contributed by atoms with Gasteiger partial charge in [0.25, 0.3) is 0 Å². The quantitative estimate of drug-likeness (QED) is 0.240. The Kier molecular flexibility index (Phi) is 8.77. The summed E-state index contributed by atoms with van der Waals surface area (Å²) < 4.78 is 35.0. The number of esters is 6. The zero-order chi connectivity index (χ0) is 36.5. The molecular weight excluding hydrogens is 644 g/mol. The summed E-state index contributed by atoms with van der Waals surface area (Å²) in [5.74, 6) is -6.90. The van der Waals surface area contributed by atoms with Gasteiger partial charge in [0.2, 0.25) is 0 Å². The Bertz CT molecular complexity index is 1630. The summed E-state index contributed by atoms with van der Waals surface area (Å²) in [5.41, 5.74) is -10.3. The predicted octanol–water partition coefficient (Wildman–Crippen LogP) is 2.11. The van der Waals surface area contributed by atoms with Gasteiger partial charge in [-0.25, -0.2) is 9.59 Å². The van der Waals surface area contributed by atoms with Gasteiger partial charge in [-0.05, 0) is 44.1 Å². The van der Waals surface area contributed by atoms with Crippen LogP contribution in [0.3, 0.4) is 0 Å². The Morgan fingerprint density at radius 2 is 1.41 bits per heavy atom. The molecule has 4 aliphatic rings. The van der Waals surface area contributed by atoms with E-state index in [2.05, 4.69) is 0 Å². The minimum Gasteiger partial charge on any atom is -0.463 e. The van der Waals surface area contributed by atoms with Gasteiger partial charge >= 0.3 is 35.8 Å². The van der Waals surface area contributed by atoms with Gasteiger partial charge < -0.3 is 38.6 Å². The van der Waals surface area contributed by atoms with E-state index in [1.807, 2.05) is 0 Å². The molecule has 1 aliphatic heterocycles. The number of benzene rings is 1. The molecule has 1 heterocycles. The number of carbonyl (C=O) groups is 6. The summed E-state index contributed by atoms with van der Waals surface area (Å²) in [5, 5.41) is 26.1. The van der Waals surface area contributed by atoms with Crippen molar-refractivity contribution in [2.45, 2.75) is 109 Å². The minimum absolute atomic E-state index is 0.0232. The maximum absolute atomic E-state index is 14.4. The Balaban J connectivity index is 1.92. The Morgan fingerprint density at radius 3 is 1.96 bits per heavy atom. The summed E-state index contributed by atoms with van der Waals surface area (Å²) in [6.45, 7) is 9.65. The highest BCUT2D eigenvalue weighted by molar-refractivity contribution is 5.92. The first-order valence-corrected chi connectivity index (χ1v) is 16.0. The third-order valence-electron chi connectivity index (χ3n) is 11.0. The lowest BCUT2D eigenvalue weighted by Gasteiger charge is -2.71. The molecule has 5 rings (SSSR count). The summed E-state index contributed by atoms with van der Waals surface area (Å²) in [6.07, 6.45) is -6.41. The molecule has 0 amide bonds. The van der Waals surface area contributed by atoms with Crippen molar-refractivity contribution < 1.29 is 67.4 Å². The number of cyclic esters (lactones) is 1. The molecule has 2 saturated carbocycles. The van der Waals surface area contributed by atoms with Gasteiger partial charge in [0.1, 0.15) is 42.2 Å². The lowest BCUT2D eigenvalue weighted by atomic mass is 9.37. The maximum Gasteiger partial charge on any atom is 0.343 e. The van der Waals surface area contributed by atoms with Crippen LogP contribution in [-0.2, 0) is 52.4 Å². The first-order chi connectivity index (χ1) is 22.7. The van der Waals surface area contributed by atoms with E-state index in [-0.39, 0.29) is 23.1 Å². The highest BCUT2D eigenvalue weighted by Gasteiger charge is 2.87. The Morgan fingerprint density at radius 1 is 0.837 bits per heavy atom. The fourth-order valence-corrected chi connectivity index (χ4v) is 9.06. The lowest BCUT2D eigenvalue weighted by molar-refractivity contribution is -0.342. The van der Waals surface area contributed by atoms with Crippen molar-refractivity contribution in [3.05, 3.63) is 47.0 Å². The van der Waals surface area contributed by atoms with E-state index >= 15 is 0 Å². The molecule has 0 aromatic heterocycles. The summed E-state index contributed by atoms with van der Waals surface area (Å²) >= 11 is 0. The van der Waals surface area contributed by atoms with Gasteiger partial charge in [-0.15, -0.1) is 0 Å². The van der Waals surface area contributed by atoms with Crippen LogP contribution in [0, 0.1) is 16.7 Å². The minimum atomic E-state index is -2.73. The first kappa shape index (κ1) is 36.0. The number of ether oxygens (including phenoxy) is 6. The number of carbonyl (C=O) groups excluding carboxylic acids is 6. The van der Waals surface area contributed by atoms with Crippen molar-refractivity contribution >= 4 is 35.8 Å². The average Bonchev–Trinajstić information content (AvgIpc) is 3.30. The molecule has 1 saturated heterocycles. The number of rotatable bonds is 7. The molecule has 0 unspecified atom stereocenters. The van der Waals surface area contributed by atoms with Crippen molar-refractivity contribution in [3.8, 4) is 0 Å². The molecule has 14 heteroatoms. The van der Waals surface area contributed by atoms with E-state index in [1.54, 1.807) is 39.0 Å². The maximum atomic E-state index is 14.4. The van der Waals surface area contributed by atoms with E-state index in [9.17, 15) is 39.0 Å². The second kappa shape index (κ2) is 11.9. The predicted molar refractivity (Wildman–Crippen MR) is 165 cm³/mol. The monoisotopic (exact) mass is 686 g/mol. The number of hydrogen-bond acceptors (Lipinski definition) is 14. The van der Waals surface area contributed by atoms with Crippen molar-refractivity contribution in [1.29, 1.82) is 0 Å². The number of aliphatic hydroxyl groups is 2. The van der Waals surface area contributed by atoms with Gasteiger partial charge in [0, 0.05) is 46.5 Å². The molecule has 1 aromatic carbocycles. The fourth-order valence-electron chi connectivity index (χ4n) is 9.06. The highest BCUT2D eigenvalue weighted by Crippen LogP contribution is 2.74. The molecule has 9 atom stereocenters. The normalized spacial score (nSPS) is 37.1. The molecule has 14 nitrogen and oxygen atoms in total. The largest absolute Gasteiger partial charge is 0.463 e. The van der Waals surface area contributed by atoms with E-state index < -0.39 is 107 Å².